The molecule has 51 heavy (non-hydrogen) atoms. The van der Waals surface area contributed by atoms with Crippen LogP contribution in [0.1, 0.15) is 68.7 Å². The molecule has 1 amide bonds. The summed E-state index contributed by atoms with van der Waals surface area (Å²) in [4.78, 5) is 34.3. The van der Waals surface area contributed by atoms with Gasteiger partial charge in [-0.2, -0.15) is 0 Å². The minimum Gasteiger partial charge on any atom is -0.479 e. The van der Waals surface area contributed by atoms with Crippen molar-refractivity contribution in [2.75, 3.05) is 33.3 Å². The van der Waals surface area contributed by atoms with E-state index in [0.29, 0.717) is 22.5 Å². The Bertz CT molecular complexity index is 2110. The summed E-state index contributed by atoms with van der Waals surface area (Å²) < 4.78 is 14.3. The van der Waals surface area contributed by atoms with Crippen LogP contribution in [0.4, 0.5) is 4.79 Å². The van der Waals surface area contributed by atoms with Crippen LogP contribution in [0.25, 0.3) is 42.8 Å². The van der Waals surface area contributed by atoms with Crippen molar-refractivity contribution in [2.24, 2.45) is 7.05 Å². The summed E-state index contributed by atoms with van der Waals surface area (Å²) in [5, 5.41) is 13.2. The molecular weight excluding hydrogens is 684 g/mol. The number of carboxylic acid groups (broad SMARTS) is 1. The molecule has 7 rings (SSSR count). The van der Waals surface area contributed by atoms with Crippen LogP contribution < -0.4 is 0 Å². The van der Waals surface area contributed by atoms with Crippen molar-refractivity contribution >= 4 is 56.1 Å². The van der Waals surface area contributed by atoms with Gasteiger partial charge >= 0.3 is 12.1 Å². The molecule has 2 aliphatic rings. The number of aromatic nitrogens is 2. The fourth-order valence-electron chi connectivity index (χ4n) is 7.95. The number of carboxylic acids is 1. The molecule has 0 radical (unpaired) electrons. The van der Waals surface area contributed by atoms with Crippen molar-refractivity contribution in [3.8, 4) is 21.7 Å². The maximum Gasteiger partial charge on any atom is 0.409 e. The Morgan fingerprint density at radius 1 is 1.02 bits per heavy atom. The number of rotatable bonds is 7. The first-order chi connectivity index (χ1) is 24.3. The monoisotopic (exact) mass is 728 g/mol. The number of amides is 1. The third kappa shape index (κ3) is 6.99. The fourth-order valence-corrected chi connectivity index (χ4v) is 9.20. The summed E-state index contributed by atoms with van der Waals surface area (Å²) in [6.45, 7) is 11.0. The number of hydrogen-bond donors (Lipinski definition) is 1. The van der Waals surface area contributed by atoms with E-state index in [1.165, 1.54) is 23.6 Å². The first kappa shape index (κ1) is 35.4. The van der Waals surface area contributed by atoms with Gasteiger partial charge in [-0.1, -0.05) is 23.7 Å². The van der Waals surface area contributed by atoms with Crippen LogP contribution in [0, 0.1) is 6.92 Å². The average molecular weight is 729 g/mol. The molecule has 5 aromatic rings. The average Bonchev–Trinajstić information content (AvgIpc) is 3.84. The Kier molecular flexibility index (Phi) is 9.64. The number of carbonyl (C=O) groups is 2. The molecule has 1 N–H and O–H groups in total. The second-order valence-corrected chi connectivity index (χ2v) is 16.3. The van der Waals surface area contributed by atoms with Crippen molar-refractivity contribution in [1.29, 1.82) is 0 Å². The zero-order valence-electron chi connectivity index (χ0n) is 30.0. The Hall–Kier alpha value is -3.96. The summed E-state index contributed by atoms with van der Waals surface area (Å²) in [5.41, 5.74) is 6.84. The Morgan fingerprint density at radius 2 is 1.73 bits per heavy atom. The van der Waals surface area contributed by atoms with E-state index in [1.807, 2.05) is 62.9 Å². The van der Waals surface area contributed by atoms with E-state index in [0.717, 1.165) is 82.9 Å². The lowest BCUT2D eigenvalue weighted by atomic mass is 9.88. The van der Waals surface area contributed by atoms with Crippen LogP contribution in [0.5, 0.6) is 0 Å². The van der Waals surface area contributed by atoms with Crippen molar-refractivity contribution < 1.29 is 24.2 Å². The van der Waals surface area contributed by atoms with Crippen LogP contribution in [-0.2, 0) is 21.3 Å². The standard InChI is InChI=1S/C40H45ClN4O5S/c1-23-19-31-36(34(25-7-10-27(41)11-8-25)33(23)35(38(46)47)50-40(2,3)4)51-37(42-31)26-9-12-32-29(20-26)30(22-43(32)5)24-13-16-44(17-14-24)28-15-18-45(21-28)39(48)49-6/h7-12,19-20,22,24,28,35H,13-18,21H2,1-6H3,(H,46,47)/t28?,35-/m0/s1. The second-order valence-electron chi connectivity index (χ2n) is 14.9. The van der Waals surface area contributed by atoms with Gasteiger partial charge in [0.1, 0.15) is 5.01 Å². The number of benzene rings is 3. The van der Waals surface area contributed by atoms with Gasteiger partial charge in [0.05, 0.1) is 22.9 Å². The molecule has 1 unspecified atom stereocenters. The van der Waals surface area contributed by atoms with E-state index in [1.54, 1.807) is 11.3 Å². The molecule has 268 valence electrons. The fraction of sp³-hybridized carbons (Fsp3) is 0.425. The SMILES string of the molecule is COC(=O)N1CCC(N2CCC(c3cn(C)c4ccc(-c5nc6cc(C)c([C@H](OC(C)(C)C)C(=O)O)c(-c7ccc(Cl)cc7)c6s5)cc34)CC2)C1. The van der Waals surface area contributed by atoms with Gasteiger partial charge in [-0.15, -0.1) is 11.3 Å². The maximum atomic E-state index is 12.8. The minimum absolute atomic E-state index is 0.233. The van der Waals surface area contributed by atoms with Gasteiger partial charge < -0.3 is 24.0 Å². The van der Waals surface area contributed by atoms with Gasteiger partial charge in [0.2, 0.25) is 0 Å². The highest BCUT2D eigenvalue weighted by atomic mass is 35.5. The normalized spacial score (nSPS) is 18.2. The van der Waals surface area contributed by atoms with Crippen molar-refractivity contribution in [1.82, 2.24) is 19.4 Å². The Morgan fingerprint density at radius 3 is 2.39 bits per heavy atom. The van der Waals surface area contributed by atoms with Gasteiger partial charge in [-0.05, 0) is 119 Å². The van der Waals surface area contributed by atoms with Crippen LogP contribution in [0.15, 0.2) is 54.7 Å². The second kappa shape index (κ2) is 13.9. The van der Waals surface area contributed by atoms with Gasteiger partial charge in [0.15, 0.2) is 6.10 Å². The largest absolute Gasteiger partial charge is 0.479 e. The number of piperidine rings is 1. The number of halogens is 1. The predicted molar refractivity (Wildman–Crippen MR) is 204 cm³/mol. The summed E-state index contributed by atoms with van der Waals surface area (Å²) in [5.74, 6) is -0.599. The van der Waals surface area contributed by atoms with Crippen LogP contribution >= 0.6 is 22.9 Å². The zero-order valence-corrected chi connectivity index (χ0v) is 31.6. The zero-order chi connectivity index (χ0) is 36.2. The van der Waals surface area contributed by atoms with E-state index < -0.39 is 17.7 Å². The quantitative estimate of drug-likeness (QED) is 0.179. The number of aliphatic carboxylic acids is 1. The number of methoxy groups -OCH3 is 1. The number of carbonyl (C=O) groups excluding carboxylic acids is 1. The third-order valence-corrected chi connectivity index (χ3v) is 11.8. The van der Waals surface area contributed by atoms with Crippen molar-refractivity contribution in [3.63, 3.8) is 0 Å². The predicted octanol–water partition coefficient (Wildman–Crippen LogP) is 9.04. The van der Waals surface area contributed by atoms with Gasteiger partial charge in [-0.25, -0.2) is 14.6 Å². The number of fused-ring (bicyclic) bond motifs is 2. The number of ether oxygens (including phenoxy) is 2. The molecule has 2 aromatic heterocycles. The Balaban J connectivity index is 1.24. The molecule has 0 saturated carbocycles. The number of likely N-dealkylation sites (tertiary alicyclic amines) is 2. The van der Waals surface area contributed by atoms with Gasteiger partial charge in [-0.3, -0.25) is 4.90 Å². The lowest BCUT2D eigenvalue weighted by Crippen LogP contribution is -2.43. The molecule has 11 heteroatoms. The highest BCUT2D eigenvalue weighted by Crippen LogP contribution is 2.45. The number of nitrogens with zero attached hydrogens (tertiary/aromatic N) is 4. The minimum atomic E-state index is -1.17. The van der Waals surface area contributed by atoms with Crippen LogP contribution in [-0.4, -0.2) is 81.5 Å². The van der Waals surface area contributed by atoms with Crippen LogP contribution in [0.2, 0.25) is 5.02 Å². The molecule has 0 spiro atoms. The Labute approximate surface area is 307 Å². The van der Waals surface area contributed by atoms with E-state index >= 15 is 0 Å². The topological polar surface area (TPSA) is 97.1 Å². The molecule has 4 heterocycles. The first-order valence-corrected chi connectivity index (χ1v) is 18.8. The molecule has 2 fully saturated rings. The highest BCUT2D eigenvalue weighted by Gasteiger charge is 2.35. The molecule has 0 bridgehead atoms. The summed E-state index contributed by atoms with van der Waals surface area (Å²) in [7, 11) is 3.56. The highest BCUT2D eigenvalue weighted by molar-refractivity contribution is 7.22. The lowest BCUT2D eigenvalue weighted by molar-refractivity contribution is -0.160. The molecular formula is C40H45ClN4O5S. The van der Waals surface area contributed by atoms with Crippen LogP contribution in [0.3, 0.4) is 0 Å². The number of aryl methyl sites for hydroxylation is 2. The number of hydrogen-bond acceptors (Lipinski definition) is 7. The van der Waals surface area contributed by atoms with Crippen molar-refractivity contribution in [2.45, 2.75) is 70.6 Å². The molecule has 9 nitrogen and oxygen atoms in total. The molecule has 0 aliphatic carbocycles. The van der Waals surface area contributed by atoms with Gasteiger partial charge in [0, 0.05) is 65.0 Å². The van der Waals surface area contributed by atoms with E-state index in [2.05, 4.69) is 40.9 Å². The molecule has 3 aromatic carbocycles. The summed E-state index contributed by atoms with van der Waals surface area (Å²) in [6, 6.07) is 16.5. The third-order valence-electron chi connectivity index (χ3n) is 10.4. The lowest BCUT2D eigenvalue weighted by Gasteiger charge is -2.36. The van der Waals surface area contributed by atoms with E-state index in [4.69, 9.17) is 26.1 Å². The summed E-state index contributed by atoms with van der Waals surface area (Å²) >= 11 is 7.88. The van der Waals surface area contributed by atoms with Gasteiger partial charge in [0.25, 0.3) is 0 Å². The maximum absolute atomic E-state index is 12.8. The summed E-state index contributed by atoms with van der Waals surface area (Å²) in [6.07, 6.45) is 4.00. The molecule has 2 aliphatic heterocycles. The molecule has 2 saturated heterocycles. The van der Waals surface area contributed by atoms with E-state index in [9.17, 15) is 14.7 Å². The smallest absolute Gasteiger partial charge is 0.409 e. The first-order valence-electron chi connectivity index (χ1n) is 17.6. The molecule has 2 atom stereocenters. The van der Waals surface area contributed by atoms with E-state index in [-0.39, 0.29) is 6.09 Å². The van der Waals surface area contributed by atoms with Crippen molar-refractivity contribution in [3.05, 3.63) is 76.4 Å². The number of thiazole rings is 1.